The average molecular weight is 285 g/mol. The largest absolute Gasteiger partial charge is 0.383 e. The number of methoxy groups -OCH3 is 1. The molecule has 0 aliphatic carbocycles. The van der Waals surface area contributed by atoms with E-state index in [1.165, 1.54) is 11.3 Å². The van der Waals surface area contributed by atoms with Crippen molar-refractivity contribution in [2.24, 2.45) is 0 Å². The summed E-state index contributed by atoms with van der Waals surface area (Å²) in [6.45, 7) is 9.85. The minimum absolute atomic E-state index is 0.470. The molecular formula is C15H25ClN2O. The Balaban J connectivity index is 2.90. The molecule has 0 unspecified atom stereocenters. The third-order valence-corrected chi connectivity index (χ3v) is 3.27. The summed E-state index contributed by atoms with van der Waals surface area (Å²) in [6, 6.07) is 6.56. The highest BCUT2D eigenvalue weighted by atomic mass is 35.5. The molecule has 1 aromatic carbocycles. The van der Waals surface area contributed by atoms with Crippen LogP contribution in [-0.4, -0.2) is 32.8 Å². The molecule has 0 fully saturated rings. The molecule has 1 N–H and O–H groups in total. The van der Waals surface area contributed by atoms with Gasteiger partial charge in [0.2, 0.25) is 0 Å². The zero-order chi connectivity index (χ0) is 14.3. The second-order valence-corrected chi connectivity index (χ2v) is 5.32. The number of nitrogens with zero attached hydrogens (tertiary/aromatic N) is 1. The van der Waals surface area contributed by atoms with Gasteiger partial charge in [0, 0.05) is 43.5 Å². The van der Waals surface area contributed by atoms with Gasteiger partial charge in [0.05, 0.1) is 6.61 Å². The molecule has 108 valence electrons. The van der Waals surface area contributed by atoms with Crippen LogP contribution in [0.15, 0.2) is 18.2 Å². The van der Waals surface area contributed by atoms with E-state index in [0.717, 1.165) is 31.3 Å². The zero-order valence-corrected chi connectivity index (χ0v) is 13.1. The van der Waals surface area contributed by atoms with Crippen LogP contribution < -0.4 is 10.2 Å². The van der Waals surface area contributed by atoms with Crippen molar-refractivity contribution < 1.29 is 4.74 Å². The standard InChI is InChI=1S/C15H25ClN2O/c1-5-18(8-9-19-4)15-10-14(16)7-6-13(15)11-17-12(2)3/h6-7,10,12,17H,5,8-9,11H2,1-4H3. The number of likely N-dealkylation sites (N-methyl/N-ethyl adjacent to an activating group) is 1. The zero-order valence-electron chi connectivity index (χ0n) is 12.4. The fraction of sp³-hybridized carbons (Fsp3) is 0.600. The van der Waals surface area contributed by atoms with Gasteiger partial charge in [-0.25, -0.2) is 0 Å². The maximum atomic E-state index is 6.14. The normalized spacial score (nSPS) is 11.1. The summed E-state index contributed by atoms with van der Waals surface area (Å²) < 4.78 is 5.17. The van der Waals surface area contributed by atoms with Crippen molar-refractivity contribution in [3.8, 4) is 0 Å². The number of hydrogen-bond donors (Lipinski definition) is 1. The summed E-state index contributed by atoms with van der Waals surface area (Å²) >= 11 is 6.14. The van der Waals surface area contributed by atoms with Crippen LogP contribution in [0.5, 0.6) is 0 Å². The molecule has 0 bridgehead atoms. The second kappa shape index (κ2) is 8.41. The van der Waals surface area contributed by atoms with Gasteiger partial charge >= 0.3 is 0 Å². The molecule has 0 aliphatic heterocycles. The van der Waals surface area contributed by atoms with Crippen LogP contribution in [0, 0.1) is 0 Å². The predicted molar refractivity (Wildman–Crippen MR) is 83.2 cm³/mol. The number of halogens is 1. The van der Waals surface area contributed by atoms with Crippen LogP contribution in [-0.2, 0) is 11.3 Å². The highest BCUT2D eigenvalue weighted by Gasteiger charge is 2.10. The molecule has 1 rings (SSSR count). The number of anilines is 1. The van der Waals surface area contributed by atoms with E-state index in [1.807, 2.05) is 12.1 Å². The van der Waals surface area contributed by atoms with Crippen molar-refractivity contribution in [3.05, 3.63) is 28.8 Å². The molecule has 0 heterocycles. The average Bonchev–Trinajstić information content (AvgIpc) is 2.38. The molecule has 0 radical (unpaired) electrons. The first-order chi connectivity index (χ1) is 9.08. The van der Waals surface area contributed by atoms with Gasteiger partial charge < -0.3 is 15.0 Å². The number of nitrogens with one attached hydrogen (secondary N) is 1. The Kier molecular flexibility index (Phi) is 7.21. The van der Waals surface area contributed by atoms with E-state index >= 15 is 0 Å². The van der Waals surface area contributed by atoms with Gasteiger partial charge in [-0.3, -0.25) is 0 Å². The lowest BCUT2D eigenvalue weighted by atomic mass is 10.1. The first kappa shape index (κ1) is 16.3. The molecular weight excluding hydrogens is 260 g/mol. The van der Waals surface area contributed by atoms with Crippen molar-refractivity contribution in [1.82, 2.24) is 5.32 Å². The molecule has 0 saturated heterocycles. The molecule has 19 heavy (non-hydrogen) atoms. The van der Waals surface area contributed by atoms with Gasteiger partial charge in [0.15, 0.2) is 0 Å². The van der Waals surface area contributed by atoms with Crippen LogP contribution in [0.4, 0.5) is 5.69 Å². The molecule has 3 nitrogen and oxygen atoms in total. The Morgan fingerprint density at radius 3 is 2.68 bits per heavy atom. The fourth-order valence-electron chi connectivity index (χ4n) is 1.95. The minimum atomic E-state index is 0.470. The Morgan fingerprint density at radius 1 is 1.37 bits per heavy atom. The summed E-state index contributed by atoms with van der Waals surface area (Å²) in [6.07, 6.45) is 0. The van der Waals surface area contributed by atoms with E-state index in [-0.39, 0.29) is 0 Å². The van der Waals surface area contributed by atoms with E-state index in [0.29, 0.717) is 6.04 Å². The molecule has 0 amide bonds. The predicted octanol–water partition coefficient (Wildman–Crippen LogP) is 3.31. The van der Waals surface area contributed by atoms with E-state index in [1.54, 1.807) is 7.11 Å². The van der Waals surface area contributed by atoms with Crippen LogP contribution in [0.1, 0.15) is 26.3 Å². The van der Waals surface area contributed by atoms with Crippen molar-refractivity contribution in [1.29, 1.82) is 0 Å². The first-order valence-corrected chi connectivity index (χ1v) is 7.22. The number of benzene rings is 1. The summed E-state index contributed by atoms with van der Waals surface area (Å²) in [5.41, 5.74) is 2.47. The van der Waals surface area contributed by atoms with E-state index < -0.39 is 0 Å². The molecule has 4 heteroatoms. The Morgan fingerprint density at radius 2 is 2.11 bits per heavy atom. The lowest BCUT2D eigenvalue weighted by molar-refractivity contribution is 0.205. The van der Waals surface area contributed by atoms with Gasteiger partial charge in [0.25, 0.3) is 0 Å². The quantitative estimate of drug-likeness (QED) is 0.793. The molecule has 0 aromatic heterocycles. The Labute approximate surface area is 121 Å². The summed E-state index contributed by atoms with van der Waals surface area (Å²) in [4.78, 5) is 2.30. The van der Waals surface area contributed by atoms with Crippen LogP contribution in [0.3, 0.4) is 0 Å². The smallest absolute Gasteiger partial charge is 0.0637 e. The van der Waals surface area contributed by atoms with Crippen molar-refractivity contribution >= 4 is 17.3 Å². The van der Waals surface area contributed by atoms with Crippen molar-refractivity contribution in [2.75, 3.05) is 31.7 Å². The molecule has 0 saturated carbocycles. The summed E-state index contributed by atoms with van der Waals surface area (Å²) in [7, 11) is 1.73. The lowest BCUT2D eigenvalue weighted by Crippen LogP contribution is -2.29. The Bertz CT molecular complexity index is 382. The van der Waals surface area contributed by atoms with Crippen LogP contribution in [0.25, 0.3) is 0 Å². The van der Waals surface area contributed by atoms with Crippen molar-refractivity contribution in [2.45, 2.75) is 33.4 Å². The second-order valence-electron chi connectivity index (χ2n) is 4.88. The first-order valence-electron chi connectivity index (χ1n) is 6.84. The van der Waals surface area contributed by atoms with Gasteiger partial charge in [0.1, 0.15) is 0 Å². The van der Waals surface area contributed by atoms with Crippen molar-refractivity contribution in [3.63, 3.8) is 0 Å². The van der Waals surface area contributed by atoms with Crippen LogP contribution >= 0.6 is 11.6 Å². The lowest BCUT2D eigenvalue weighted by Gasteiger charge is -2.26. The highest BCUT2D eigenvalue weighted by Crippen LogP contribution is 2.25. The van der Waals surface area contributed by atoms with E-state index in [2.05, 4.69) is 37.1 Å². The SMILES string of the molecule is CCN(CCOC)c1cc(Cl)ccc1CNC(C)C. The van der Waals surface area contributed by atoms with Gasteiger partial charge in [-0.15, -0.1) is 0 Å². The number of hydrogen-bond acceptors (Lipinski definition) is 3. The summed E-state index contributed by atoms with van der Waals surface area (Å²) in [5, 5.41) is 4.23. The fourth-order valence-corrected chi connectivity index (χ4v) is 2.11. The topological polar surface area (TPSA) is 24.5 Å². The maximum absolute atomic E-state index is 6.14. The van der Waals surface area contributed by atoms with Gasteiger partial charge in [-0.05, 0) is 24.6 Å². The van der Waals surface area contributed by atoms with E-state index in [4.69, 9.17) is 16.3 Å². The number of ether oxygens (including phenoxy) is 1. The molecule has 0 atom stereocenters. The maximum Gasteiger partial charge on any atom is 0.0637 e. The molecule has 0 spiro atoms. The Hall–Kier alpha value is -0.770. The van der Waals surface area contributed by atoms with Gasteiger partial charge in [-0.1, -0.05) is 31.5 Å². The minimum Gasteiger partial charge on any atom is -0.383 e. The van der Waals surface area contributed by atoms with Gasteiger partial charge in [-0.2, -0.15) is 0 Å². The van der Waals surface area contributed by atoms with E-state index in [9.17, 15) is 0 Å². The monoisotopic (exact) mass is 284 g/mol. The summed E-state index contributed by atoms with van der Waals surface area (Å²) in [5.74, 6) is 0. The third kappa shape index (κ3) is 5.39. The number of rotatable bonds is 8. The molecule has 1 aromatic rings. The molecule has 0 aliphatic rings. The highest BCUT2D eigenvalue weighted by molar-refractivity contribution is 6.30. The van der Waals surface area contributed by atoms with Crippen LogP contribution in [0.2, 0.25) is 5.02 Å². The third-order valence-electron chi connectivity index (χ3n) is 3.04.